The van der Waals surface area contributed by atoms with Crippen molar-refractivity contribution in [2.24, 2.45) is 0 Å². The fourth-order valence-electron chi connectivity index (χ4n) is 4.16. The molecule has 1 atom stereocenters. The van der Waals surface area contributed by atoms with Crippen LogP contribution in [0.25, 0.3) is 22.2 Å². The van der Waals surface area contributed by atoms with Crippen LogP contribution in [0.15, 0.2) is 48.5 Å². The molecule has 150 valence electrons. The van der Waals surface area contributed by atoms with Crippen LogP contribution < -0.4 is 4.74 Å². The maximum atomic E-state index is 12.8. The summed E-state index contributed by atoms with van der Waals surface area (Å²) in [4.78, 5) is 29.2. The Morgan fingerprint density at radius 1 is 1.17 bits per heavy atom. The molecular weight excluding hydrogens is 368 g/mol. The molecule has 6 nitrogen and oxygen atoms in total. The monoisotopic (exact) mass is 392 g/mol. The highest BCUT2D eigenvalue weighted by molar-refractivity contribution is 5.92. The molecule has 1 aliphatic rings. The first-order chi connectivity index (χ1) is 14.1. The van der Waals surface area contributed by atoms with Gasteiger partial charge in [-0.3, -0.25) is 4.79 Å². The summed E-state index contributed by atoms with van der Waals surface area (Å²) in [6.45, 7) is 0.523. The van der Waals surface area contributed by atoms with Gasteiger partial charge in [0.25, 0.3) is 0 Å². The second-order valence-electron chi connectivity index (χ2n) is 7.34. The third-order valence-corrected chi connectivity index (χ3v) is 5.64. The van der Waals surface area contributed by atoms with Crippen molar-refractivity contribution < 1.29 is 19.4 Å². The average Bonchev–Trinajstić information content (AvgIpc) is 3.37. The number of nitrogens with zero attached hydrogens (tertiary/aromatic N) is 1. The lowest BCUT2D eigenvalue weighted by atomic mass is 10.0. The van der Waals surface area contributed by atoms with E-state index in [1.165, 1.54) is 4.90 Å². The Hall–Kier alpha value is -3.28. The number of methoxy groups -OCH3 is 1. The number of carbonyl (C=O) groups excluding carboxylic acids is 1. The van der Waals surface area contributed by atoms with Crippen LogP contribution in [0.5, 0.6) is 5.75 Å². The van der Waals surface area contributed by atoms with E-state index in [-0.39, 0.29) is 12.3 Å². The van der Waals surface area contributed by atoms with Crippen LogP contribution in [0.4, 0.5) is 0 Å². The Bertz CT molecular complexity index is 1040. The zero-order chi connectivity index (χ0) is 20.4. The number of hydrogen-bond acceptors (Lipinski definition) is 3. The molecule has 1 aliphatic heterocycles. The number of nitrogens with one attached hydrogen (secondary N) is 1. The van der Waals surface area contributed by atoms with Crippen LogP contribution in [0, 0.1) is 0 Å². The molecule has 0 bridgehead atoms. The number of ether oxygens (including phenoxy) is 1. The molecule has 6 heteroatoms. The minimum atomic E-state index is -0.915. The lowest BCUT2D eigenvalue weighted by Gasteiger charge is -2.21. The van der Waals surface area contributed by atoms with Gasteiger partial charge in [0.05, 0.1) is 7.11 Å². The summed E-state index contributed by atoms with van der Waals surface area (Å²) in [6, 6.07) is 15.2. The van der Waals surface area contributed by atoms with Crippen molar-refractivity contribution >= 4 is 22.8 Å². The number of para-hydroxylation sites is 1. The highest BCUT2D eigenvalue weighted by atomic mass is 16.5. The minimum absolute atomic E-state index is 0.0964. The van der Waals surface area contributed by atoms with E-state index in [9.17, 15) is 14.7 Å². The maximum Gasteiger partial charge on any atom is 0.326 e. The summed E-state index contributed by atoms with van der Waals surface area (Å²) in [6.07, 6.45) is 2.11. The molecule has 4 rings (SSSR count). The number of aromatic amines is 1. The first kappa shape index (κ1) is 19.1. The van der Waals surface area contributed by atoms with Crippen molar-refractivity contribution in [1.82, 2.24) is 9.88 Å². The number of aliphatic carboxylic acids is 1. The Morgan fingerprint density at radius 2 is 1.93 bits per heavy atom. The van der Waals surface area contributed by atoms with Gasteiger partial charge in [0.15, 0.2) is 0 Å². The second-order valence-corrected chi connectivity index (χ2v) is 7.34. The van der Waals surface area contributed by atoms with Crippen LogP contribution in [-0.4, -0.2) is 46.6 Å². The zero-order valence-electron chi connectivity index (χ0n) is 16.4. The van der Waals surface area contributed by atoms with Gasteiger partial charge in [-0.05, 0) is 60.7 Å². The fourth-order valence-corrected chi connectivity index (χ4v) is 4.16. The SMILES string of the molecule is COc1ccc(-c2[nH]c3ccccc3c2CCC(=O)N2CCC[C@@H]2C(=O)O)cc1. The van der Waals surface area contributed by atoms with E-state index in [0.29, 0.717) is 19.4 Å². The summed E-state index contributed by atoms with van der Waals surface area (Å²) >= 11 is 0. The smallest absolute Gasteiger partial charge is 0.326 e. The van der Waals surface area contributed by atoms with E-state index in [1.807, 2.05) is 42.5 Å². The van der Waals surface area contributed by atoms with E-state index in [0.717, 1.165) is 39.9 Å². The number of benzene rings is 2. The van der Waals surface area contributed by atoms with Crippen molar-refractivity contribution in [3.63, 3.8) is 0 Å². The van der Waals surface area contributed by atoms with Crippen molar-refractivity contribution in [2.75, 3.05) is 13.7 Å². The molecule has 2 aromatic carbocycles. The molecule has 2 N–H and O–H groups in total. The predicted octanol–water partition coefficient (Wildman–Crippen LogP) is 3.85. The van der Waals surface area contributed by atoms with E-state index in [2.05, 4.69) is 11.1 Å². The topological polar surface area (TPSA) is 82.6 Å². The van der Waals surface area contributed by atoms with E-state index in [1.54, 1.807) is 7.11 Å². The first-order valence-corrected chi connectivity index (χ1v) is 9.85. The van der Waals surface area contributed by atoms with Crippen LogP contribution in [0.3, 0.4) is 0 Å². The molecule has 1 aromatic heterocycles. The van der Waals surface area contributed by atoms with Gasteiger partial charge in [-0.25, -0.2) is 4.79 Å². The summed E-state index contributed by atoms with van der Waals surface area (Å²) in [5, 5.41) is 10.4. The van der Waals surface area contributed by atoms with Crippen molar-refractivity contribution in [3.05, 3.63) is 54.1 Å². The molecule has 1 saturated heterocycles. The maximum absolute atomic E-state index is 12.8. The fraction of sp³-hybridized carbons (Fsp3) is 0.304. The molecule has 3 aromatic rings. The summed E-state index contributed by atoms with van der Waals surface area (Å²) in [7, 11) is 1.64. The molecule has 1 fully saturated rings. The molecule has 0 unspecified atom stereocenters. The lowest BCUT2D eigenvalue weighted by molar-refractivity contribution is -0.148. The van der Waals surface area contributed by atoms with E-state index in [4.69, 9.17) is 4.74 Å². The highest BCUT2D eigenvalue weighted by Gasteiger charge is 2.33. The Balaban J connectivity index is 1.62. The summed E-state index contributed by atoms with van der Waals surface area (Å²) in [5.41, 5.74) is 4.10. The number of hydrogen-bond donors (Lipinski definition) is 2. The Kier molecular flexibility index (Phi) is 5.25. The number of H-pyrrole nitrogens is 1. The number of amides is 1. The number of carbonyl (C=O) groups is 2. The summed E-state index contributed by atoms with van der Waals surface area (Å²) < 4.78 is 5.25. The van der Waals surface area contributed by atoms with Crippen molar-refractivity contribution in [3.8, 4) is 17.0 Å². The Labute approximate surface area is 169 Å². The van der Waals surface area contributed by atoms with Gasteiger partial charge in [0.1, 0.15) is 11.8 Å². The molecule has 1 amide bonds. The normalized spacial score (nSPS) is 16.3. The largest absolute Gasteiger partial charge is 0.497 e. The number of carboxylic acids is 1. The third-order valence-electron chi connectivity index (χ3n) is 5.64. The quantitative estimate of drug-likeness (QED) is 0.667. The van der Waals surface area contributed by atoms with Crippen LogP contribution in [0.2, 0.25) is 0 Å². The number of likely N-dealkylation sites (tertiary alicyclic amines) is 1. The first-order valence-electron chi connectivity index (χ1n) is 9.85. The molecule has 0 spiro atoms. The van der Waals surface area contributed by atoms with Gasteiger partial charge in [-0.15, -0.1) is 0 Å². The standard InChI is InChI=1S/C23H24N2O4/c1-29-16-10-8-15(9-11-16)22-18(17-5-2-3-6-19(17)24-22)12-13-21(26)25-14-4-7-20(25)23(27)28/h2-3,5-6,8-11,20,24H,4,7,12-14H2,1H3,(H,27,28)/t20-/m1/s1. The lowest BCUT2D eigenvalue weighted by Crippen LogP contribution is -2.40. The predicted molar refractivity (Wildman–Crippen MR) is 111 cm³/mol. The van der Waals surface area contributed by atoms with Gasteiger partial charge in [-0.2, -0.15) is 0 Å². The second kappa shape index (κ2) is 7.99. The molecule has 0 aliphatic carbocycles. The molecular formula is C23H24N2O4. The number of aryl methyl sites for hydroxylation is 1. The minimum Gasteiger partial charge on any atom is -0.497 e. The molecule has 0 saturated carbocycles. The third kappa shape index (κ3) is 3.70. The summed E-state index contributed by atoms with van der Waals surface area (Å²) in [5.74, 6) is -0.224. The van der Waals surface area contributed by atoms with E-state index >= 15 is 0 Å². The van der Waals surface area contributed by atoms with Gasteiger partial charge in [-0.1, -0.05) is 18.2 Å². The van der Waals surface area contributed by atoms with Crippen LogP contribution >= 0.6 is 0 Å². The zero-order valence-corrected chi connectivity index (χ0v) is 16.4. The number of rotatable bonds is 6. The number of fused-ring (bicyclic) bond motifs is 1. The molecule has 2 heterocycles. The van der Waals surface area contributed by atoms with Crippen LogP contribution in [-0.2, 0) is 16.0 Å². The highest BCUT2D eigenvalue weighted by Crippen LogP contribution is 2.32. The van der Waals surface area contributed by atoms with Gasteiger partial charge < -0.3 is 19.7 Å². The van der Waals surface area contributed by atoms with Crippen molar-refractivity contribution in [2.45, 2.75) is 31.7 Å². The van der Waals surface area contributed by atoms with Gasteiger partial charge >= 0.3 is 5.97 Å². The van der Waals surface area contributed by atoms with Crippen LogP contribution in [0.1, 0.15) is 24.8 Å². The Morgan fingerprint density at radius 3 is 2.66 bits per heavy atom. The van der Waals surface area contributed by atoms with Gasteiger partial charge in [0.2, 0.25) is 5.91 Å². The number of aromatic nitrogens is 1. The number of carboxylic acid groups (broad SMARTS) is 1. The molecule has 0 radical (unpaired) electrons. The average molecular weight is 392 g/mol. The van der Waals surface area contributed by atoms with Crippen molar-refractivity contribution in [1.29, 1.82) is 0 Å². The van der Waals surface area contributed by atoms with Gasteiger partial charge in [0, 0.05) is 29.6 Å². The van der Waals surface area contributed by atoms with E-state index < -0.39 is 12.0 Å². The molecule has 29 heavy (non-hydrogen) atoms.